The highest BCUT2D eigenvalue weighted by atomic mass is 16.5. The van der Waals surface area contributed by atoms with E-state index in [0.29, 0.717) is 50.0 Å². The number of amides is 2. The van der Waals surface area contributed by atoms with Gasteiger partial charge in [0.05, 0.1) is 32.0 Å². The number of nitrogens with zero attached hydrogens (tertiary/aromatic N) is 3. The Labute approximate surface area is 219 Å². The largest absolute Gasteiger partial charge is 0.497 e. The summed E-state index contributed by atoms with van der Waals surface area (Å²) < 4.78 is 10.8. The van der Waals surface area contributed by atoms with Crippen molar-refractivity contribution in [3.8, 4) is 11.5 Å². The maximum absolute atomic E-state index is 12.1. The Kier molecular flexibility index (Phi) is 9.54. The number of carbonyl (C=O) groups excluding carboxylic acids is 2. The second-order valence-electron chi connectivity index (χ2n) is 9.74. The van der Waals surface area contributed by atoms with Crippen molar-refractivity contribution in [2.24, 2.45) is 0 Å². The van der Waals surface area contributed by atoms with E-state index in [1.54, 1.807) is 26.0 Å². The Morgan fingerprint density at radius 3 is 2.59 bits per heavy atom. The van der Waals surface area contributed by atoms with Crippen LogP contribution < -0.4 is 25.4 Å². The van der Waals surface area contributed by atoms with Gasteiger partial charge in [0.1, 0.15) is 17.3 Å². The summed E-state index contributed by atoms with van der Waals surface area (Å²) in [6, 6.07) is 5.66. The number of fused-ring (bicyclic) bond motifs is 1. The van der Waals surface area contributed by atoms with Crippen molar-refractivity contribution in [3.05, 3.63) is 35.0 Å². The molecule has 0 aliphatic carbocycles. The molecule has 2 aromatic rings. The fourth-order valence-corrected chi connectivity index (χ4v) is 4.42. The van der Waals surface area contributed by atoms with Crippen LogP contribution in [0.5, 0.6) is 11.5 Å². The number of nitrogens with one attached hydrogen (secondary N) is 3. The van der Waals surface area contributed by atoms with Gasteiger partial charge in [-0.2, -0.15) is 4.98 Å². The summed E-state index contributed by atoms with van der Waals surface area (Å²) in [5, 5.41) is 9.94. The third kappa shape index (κ3) is 7.47. The highest BCUT2D eigenvalue weighted by molar-refractivity contribution is 5.74. The average Bonchev–Trinajstić information content (AvgIpc) is 2.89. The van der Waals surface area contributed by atoms with Crippen molar-refractivity contribution < 1.29 is 19.1 Å². The first-order valence-corrected chi connectivity index (χ1v) is 12.8. The van der Waals surface area contributed by atoms with Gasteiger partial charge in [0.15, 0.2) is 0 Å². The Morgan fingerprint density at radius 2 is 1.95 bits per heavy atom. The van der Waals surface area contributed by atoms with Crippen LogP contribution in [0, 0.1) is 0 Å². The van der Waals surface area contributed by atoms with Crippen molar-refractivity contribution >= 4 is 23.6 Å². The molecule has 2 amide bonds. The normalized spacial score (nSPS) is 14.3. The summed E-state index contributed by atoms with van der Waals surface area (Å²) in [4.78, 5) is 35.2. The lowest BCUT2D eigenvalue weighted by atomic mass is 9.93. The van der Waals surface area contributed by atoms with Gasteiger partial charge in [-0.1, -0.05) is 19.8 Å². The monoisotopic (exact) mass is 512 g/mol. The number of hydrogen-bond acceptors (Lipinski definition) is 8. The van der Waals surface area contributed by atoms with Crippen molar-refractivity contribution in [2.75, 3.05) is 37.9 Å². The number of unbranched alkanes of at least 4 members (excludes halogenated alkanes) is 1. The van der Waals surface area contributed by atoms with Crippen LogP contribution in [0.3, 0.4) is 0 Å². The lowest BCUT2D eigenvalue weighted by Gasteiger charge is -2.35. The van der Waals surface area contributed by atoms with Gasteiger partial charge in [0.2, 0.25) is 17.8 Å². The minimum Gasteiger partial charge on any atom is -0.497 e. The number of aromatic nitrogens is 2. The Balaban J connectivity index is 1.93. The zero-order valence-corrected chi connectivity index (χ0v) is 22.9. The average molecular weight is 513 g/mol. The Bertz CT molecular complexity index is 1110. The molecule has 10 heteroatoms. The van der Waals surface area contributed by atoms with Crippen molar-refractivity contribution in [3.63, 3.8) is 0 Å². The van der Waals surface area contributed by atoms with Crippen LogP contribution in [0.2, 0.25) is 0 Å². The number of benzene rings is 1. The van der Waals surface area contributed by atoms with Crippen molar-refractivity contribution in [2.45, 2.75) is 72.0 Å². The zero-order chi connectivity index (χ0) is 27.0. The Morgan fingerprint density at radius 1 is 1.16 bits per heavy atom. The standard InChI is InChI=1S/C27H40N6O4/c1-7-8-12-27(4,17-29-18(2)34)32-25-22-11-13-33(19(3)35)16-23(22)30-26(31-25)28-15-20-9-10-21(36-5)14-24(20)37-6/h9-10,14H,7-8,11-13,15-17H2,1-6H3,(H,29,34)(H2,28,30,31,32)/t27-/m1/s1. The molecule has 1 aromatic heterocycles. The van der Waals surface area contributed by atoms with E-state index in [0.717, 1.165) is 41.9 Å². The molecular formula is C27H40N6O4. The SMILES string of the molecule is CCCC[C@](C)(CNC(C)=O)Nc1nc(NCc2ccc(OC)cc2OC)nc2c1CCN(C(C)=O)C2. The predicted octanol–water partition coefficient (Wildman–Crippen LogP) is 3.51. The van der Waals surface area contributed by atoms with Crippen LogP contribution >= 0.6 is 0 Å². The van der Waals surface area contributed by atoms with Crippen molar-refractivity contribution in [1.29, 1.82) is 0 Å². The third-order valence-electron chi connectivity index (χ3n) is 6.67. The number of methoxy groups -OCH3 is 2. The van der Waals surface area contributed by atoms with Gasteiger partial charge in [-0.05, 0) is 31.9 Å². The zero-order valence-electron chi connectivity index (χ0n) is 22.9. The molecule has 10 nitrogen and oxygen atoms in total. The van der Waals surface area contributed by atoms with Crippen LogP contribution in [0.4, 0.5) is 11.8 Å². The van der Waals surface area contributed by atoms with Crippen LogP contribution in [0.15, 0.2) is 18.2 Å². The lowest BCUT2D eigenvalue weighted by molar-refractivity contribution is -0.129. The third-order valence-corrected chi connectivity index (χ3v) is 6.67. The summed E-state index contributed by atoms with van der Waals surface area (Å²) in [5.41, 5.74) is 2.37. The topological polar surface area (TPSA) is 118 Å². The molecule has 202 valence electrons. The molecule has 37 heavy (non-hydrogen) atoms. The van der Waals surface area contributed by atoms with E-state index in [1.807, 2.05) is 18.2 Å². The maximum Gasteiger partial charge on any atom is 0.225 e. The van der Waals surface area contributed by atoms with Gasteiger partial charge in [0, 0.05) is 50.7 Å². The van der Waals surface area contributed by atoms with Crippen LogP contribution in [-0.4, -0.2) is 59.5 Å². The van der Waals surface area contributed by atoms with Gasteiger partial charge in [0.25, 0.3) is 0 Å². The molecule has 0 unspecified atom stereocenters. The fourth-order valence-electron chi connectivity index (χ4n) is 4.42. The minimum atomic E-state index is -0.391. The van der Waals surface area contributed by atoms with E-state index in [1.165, 1.54) is 6.92 Å². The molecule has 0 spiro atoms. The van der Waals surface area contributed by atoms with E-state index in [9.17, 15) is 9.59 Å². The quantitative estimate of drug-likeness (QED) is 0.396. The van der Waals surface area contributed by atoms with Gasteiger partial charge < -0.3 is 30.3 Å². The summed E-state index contributed by atoms with van der Waals surface area (Å²) in [6.07, 6.45) is 3.59. The van der Waals surface area contributed by atoms with Gasteiger partial charge in [-0.15, -0.1) is 0 Å². The second kappa shape index (κ2) is 12.6. The summed E-state index contributed by atoms with van der Waals surface area (Å²) in [7, 11) is 3.24. The number of rotatable bonds is 12. The predicted molar refractivity (Wildman–Crippen MR) is 144 cm³/mol. The molecule has 0 saturated heterocycles. The number of anilines is 2. The van der Waals surface area contributed by atoms with Crippen LogP contribution in [0.25, 0.3) is 0 Å². The van der Waals surface area contributed by atoms with E-state index >= 15 is 0 Å². The van der Waals surface area contributed by atoms with Crippen molar-refractivity contribution in [1.82, 2.24) is 20.2 Å². The smallest absolute Gasteiger partial charge is 0.225 e. The molecule has 3 N–H and O–H groups in total. The molecule has 0 saturated carbocycles. The van der Waals surface area contributed by atoms with Gasteiger partial charge >= 0.3 is 0 Å². The highest BCUT2D eigenvalue weighted by Gasteiger charge is 2.29. The van der Waals surface area contributed by atoms with Gasteiger partial charge in [-0.25, -0.2) is 4.98 Å². The number of carbonyl (C=O) groups is 2. The highest BCUT2D eigenvalue weighted by Crippen LogP contribution is 2.30. The fraction of sp³-hybridized carbons (Fsp3) is 0.556. The molecule has 3 rings (SSSR count). The summed E-state index contributed by atoms with van der Waals surface area (Å²) in [5.74, 6) is 2.57. The molecule has 0 fully saturated rings. The maximum atomic E-state index is 12.1. The molecule has 1 aliphatic rings. The molecule has 0 bridgehead atoms. The van der Waals surface area contributed by atoms with E-state index in [4.69, 9.17) is 19.4 Å². The summed E-state index contributed by atoms with van der Waals surface area (Å²) in [6.45, 7) is 9.33. The molecule has 0 radical (unpaired) electrons. The van der Waals surface area contributed by atoms with Crippen LogP contribution in [-0.2, 0) is 29.1 Å². The Hall–Kier alpha value is -3.56. The van der Waals surface area contributed by atoms with E-state index in [-0.39, 0.29) is 11.8 Å². The molecule has 1 aromatic carbocycles. The van der Waals surface area contributed by atoms with E-state index < -0.39 is 5.54 Å². The van der Waals surface area contributed by atoms with Gasteiger partial charge in [-0.3, -0.25) is 9.59 Å². The first kappa shape index (κ1) is 28.0. The second-order valence-corrected chi connectivity index (χ2v) is 9.74. The molecule has 2 heterocycles. The van der Waals surface area contributed by atoms with E-state index in [2.05, 4.69) is 29.8 Å². The molecule has 1 atom stereocenters. The number of ether oxygens (including phenoxy) is 2. The first-order chi connectivity index (χ1) is 17.7. The first-order valence-electron chi connectivity index (χ1n) is 12.8. The number of hydrogen-bond donors (Lipinski definition) is 3. The minimum absolute atomic E-state index is 0.0229. The molecule has 1 aliphatic heterocycles. The summed E-state index contributed by atoms with van der Waals surface area (Å²) >= 11 is 0. The lowest BCUT2D eigenvalue weighted by Crippen LogP contribution is -2.47. The van der Waals surface area contributed by atoms with Crippen LogP contribution in [0.1, 0.15) is 63.8 Å². The molecular weight excluding hydrogens is 472 g/mol.